The second-order valence-electron chi connectivity index (χ2n) is 5.23. The van der Waals surface area contributed by atoms with Gasteiger partial charge in [0.1, 0.15) is 17.4 Å². The topological polar surface area (TPSA) is 47.0 Å². The lowest BCUT2D eigenvalue weighted by atomic mass is 10.1. The number of aryl methyl sites for hydroxylation is 2. The van der Waals surface area contributed by atoms with Crippen LogP contribution in [0.3, 0.4) is 0 Å². The SMILES string of the molecule is CNc1cc(Oc2cc(C)ccc2C)nc(C(C)C)n1. The molecule has 106 valence electrons. The van der Waals surface area contributed by atoms with Gasteiger partial charge in [-0.25, -0.2) is 4.98 Å². The molecular weight excluding hydrogens is 250 g/mol. The Bertz CT molecular complexity index is 609. The molecule has 0 spiro atoms. The summed E-state index contributed by atoms with van der Waals surface area (Å²) in [5, 5.41) is 3.04. The zero-order chi connectivity index (χ0) is 14.7. The van der Waals surface area contributed by atoms with Gasteiger partial charge >= 0.3 is 0 Å². The van der Waals surface area contributed by atoms with Gasteiger partial charge in [0.25, 0.3) is 0 Å². The number of nitrogens with zero attached hydrogens (tertiary/aromatic N) is 2. The van der Waals surface area contributed by atoms with E-state index in [0.717, 1.165) is 28.5 Å². The Labute approximate surface area is 120 Å². The molecule has 1 heterocycles. The Morgan fingerprint density at radius 2 is 1.85 bits per heavy atom. The molecule has 0 saturated carbocycles. The summed E-state index contributed by atoms with van der Waals surface area (Å²) < 4.78 is 5.93. The third kappa shape index (κ3) is 3.26. The molecule has 0 bridgehead atoms. The maximum Gasteiger partial charge on any atom is 0.224 e. The number of ether oxygens (including phenoxy) is 1. The molecule has 4 nitrogen and oxygen atoms in total. The highest BCUT2D eigenvalue weighted by Crippen LogP contribution is 2.27. The van der Waals surface area contributed by atoms with E-state index < -0.39 is 0 Å². The van der Waals surface area contributed by atoms with E-state index in [1.165, 1.54) is 0 Å². The number of benzene rings is 1. The Balaban J connectivity index is 2.37. The highest BCUT2D eigenvalue weighted by atomic mass is 16.5. The molecule has 0 unspecified atom stereocenters. The molecule has 0 aliphatic carbocycles. The second kappa shape index (κ2) is 5.90. The van der Waals surface area contributed by atoms with Crippen molar-refractivity contribution in [3.8, 4) is 11.6 Å². The van der Waals surface area contributed by atoms with Crippen LogP contribution in [0.25, 0.3) is 0 Å². The van der Waals surface area contributed by atoms with E-state index in [4.69, 9.17) is 4.74 Å². The molecule has 0 saturated heterocycles. The molecule has 2 rings (SSSR count). The molecule has 1 aromatic heterocycles. The highest BCUT2D eigenvalue weighted by molar-refractivity contribution is 5.42. The number of rotatable bonds is 4. The van der Waals surface area contributed by atoms with Gasteiger partial charge in [-0.1, -0.05) is 26.0 Å². The van der Waals surface area contributed by atoms with Crippen molar-refractivity contribution in [3.63, 3.8) is 0 Å². The van der Waals surface area contributed by atoms with E-state index in [1.54, 1.807) is 0 Å². The zero-order valence-electron chi connectivity index (χ0n) is 12.7. The van der Waals surface area contributed by atoms with Gasteiger partial charge in [0.2, 0.25) is 5.88 Å². The minimum Gasteiger partial charge on any atom is -0.439 e. The quantitative estimate of drug-likeness (QED) is 0.911. The molecule has 4 heteroatoms. The van der Waals surface area contributed by atoms with Crippen molar-refractivity contribution < 1.29 is 4.74 Å². The van der Waals surface area contributed by atoms with Crippen LogP contribution in [-0.2, 0) is 0 Å². The maximum absolute atomic E-state index is 5.93. The monoisotopic (exact) mass is 271 g/mol. The molecule has 0 amide bonds. The first-order chi connectivity index (χ1) is 9.49. The number of aromatic nitrogens is 2. The fraction of sp³-hybridized carbons (Fsp3) is 0.375. The first-order valence-corrected chi connectivity index (χ1v) is 6.81. The maximum atomic E-state index is 5.93. The summed E-state index contributed by atoms with van der Waals surface area (Å²) >= 11 is 0. The van der Waals surface area contributed by atoms with E-state index in [0.29, 0.717) is 5.88 Å². The summed E-state index contributed by atoms with van der Waals surface area (Å²) in [5.74, 6) is 3.20. The van der Waals surface area contributed by atoms with Crippen LogP contribution in [0.2, 0.25) is 0 Å². The fourth-order valence-electron chi connectivity index (χ4n) is 1.81. The van der Waals surface area contributed by atoms with Crippen LogP contribution in [0.4, 0.5) is 5.82 Å². The molecule has 0 aliphatic rings. The lowest BCUT2D eigenvalue weighted by Crippen LogP contribution is -2.03. The van der Waals surface area contributed by atoms with E-state index in [9.17, 15) is 0 Å². The number of nitrogens with one attached hydrogen (secondary N) is 1. The normalized spacial score (nSPS) is 10.7. The molecule has 1 aromatic carbocycles. The first-order valence-electron chi connectivity index (χ1n) is 6.81. The molecular formula is C16H21N3O. The van der Waals surface area contributed by atoms with Crippen LogP contribution in [0.5, 0.6) is 11.6 Å². The summed E-state index contributed by atoms with van der Waals surface area (Å²) in [6.45, 7) is 8.20. The second-order valence-corrected chi connectivity index (χ2v) is 5.23. The molecule has 1 N–H and O–H groups in total. The molecule has 0 radical (unpaired) electrons. The van der Waals surface area contributed by atoms with Gasteiger partial charge in [0.15, 0.2) is 0 Å². The van der Waals surface area contributed by atoms with Crippen molar-refractivity contribution in [1.29, 1.82) is 0 Å². The van der Waals surface area contributed by atoms with Crippen molar-refractivity contribution in [2.75, 3.05) is 12.4 Å². The minimum absolute atomic E-state index is 0.254. The summed E-state index contributed by atoms with van der Waals surface area (Å²) in [6.07, 6.45) is 0. The Morgan fingerprint density at radius 3 is 2.50 bits per heavy atom. The van der Waals surface area contributed by atoms with Gasteiger partial charge in [-0.15, -0.1) is 0 Å². The molecule has 0 aliphatic heterocycles. The van der Waals surface area contributed by atoms with E-state index in [-0.39, 0.29) is 5.92 Å². The molecule has 0 fully saturated rings. The zero-order valence-corrected chi connectivity index (χ0v) is 12.7. The Kier molecular flexibility index (Phi) is 4.23. The van der Waals surface area contributed by atoms with Crippen molar-refractivity contribution >= 4 is 5.82 Å². The van der Waals surface area contributed by atoms with E-state index in [2.05, 4.69) is 35.2 Å². The van der Waals surface area contributed by atoms with Crippen LogP contribution >= 0.6 is 0 Å². The summed E-state index contributed by atoms with van der Waals surface area (Å²) in [6, 6.07) is 7.95. The van der Waals surface area contributed by atoms with Crippen LogP contribution < -0.4 is 10.1 Å². The summed E-state index contributed by atoms with van der Waals surface area (Å²) in [4.78, 5) is 8.90. The van der Waals surface area contributed by atoms with Gasteiger partial charge in [0, 0.05) is 19.0 Å². The number of hydrogen-bond donors (Lipinski definition) is 1. The average Bonchev–Trinajstić information content (AvgIpc) is 2.42. The number of hydrogen-bond acceptors (Lipinski definition) is 4. The van der Waals surface area contributed by atoms with Crippen molar-refractivity contribution in [2.45, 2.75) is 33.6 Å². The van der Waals surface area contributed by atoms with Gasteiger partial charge in [-0.3, -0.25) is 0 Å². The average molecular weight is 271 g/mol. The smallest absolute Gasteiger partial charge is 0.224 e. The Morgan fingerprint density at radius 1 is 1.10 bits per heavy atom. The predicted octanol–water partition coefficient (Wildman–Crippen LogP) is 4.05. The van der Waals surface area contributed by atoms with Crippen LogP contribution in [-0.4, -0.2) is 17.0 Å². The molecule has 0 atom stereocenters. The highest BCUT2D eigenvalue weighted by Gasteiger charge is 2.10. The van der Waals surface area contributed by atoms with Crippen molar-refractivity contribution in [3.05, 3.63) is 41.2 Å². The number of anilines is 1. The van der Waals surface area contributed by atoms with Crippen molar-refractivity contribution in [1.82, 2.24) is 9.97 Å². The van der Waals surface area contributed by atoms with Gasteiger partial charge < -0.3 is 10.1 Å². The molecule has 20 heavy (non-hydrogen) atoms. The summed E-state index contributed by atoms with van der Waals surface area (Å²) in [7, 11) is 1.84. The lowest BCUT2D eigenvalue weighted by Gasteiger charge is -2.12. The lowest BCUT2D eigenvalue weighted by molar-refractivity contribution is 0.453. The molecule has 2 aromatic rings. The summed E-state index contributed by atoms with van der Waals surface area (Å²) in [5.41, 5.74) is 2.25. The Hall–Kier alpha value is -2.10. The third-order valence-electron chi connectivity index (χ3n) is 3.05. The van der Waals surface area contributed by atoms with Crippen molar-refractivity contribution in [2.24, 2.45) is 0 Å². The van der Waals surface area contributed by atoms with Gasteiger partial charge in [-0.05, 0) is 31.0 Å². The minimum atomic E-state index is 0.254. The largest absolute Gasteiger partial charge is 0.439 e. The standard InChI is InChI=1S/C16H21N3O/c1-10(2)16-18-14(17-5)9-15(19-16)20-13-8-11(3)6-7-12(13)4/h6-10H,1-5H3,(H,17,18,19). The van der Waals surface area contributed by atoms with E-state index >= 15 is 0 Å². The first kappa shape index (κ1) is 14.3. The fourth-order valence-corrected chi connectivity index (χ4v) is 1.81. The van der Waals surface area contributed by atoms with E-state index in [1.807, 2.05) is 39.1 Å². The van der Waals surface area contributed by atoms with Crippen LogP contribution in [0, 0.1) is 13.8 Å². The third-order valence-corrected chi connectivity index (χ3v) is 3.05. The van der Waals surface area contributed by atoms with Gasteiger partial charge in [0.05, 0.1) is 0 Å². The van der Waals surface area contributed by atoms with Gasteiger partial charge in [-0.2, -0.15) is 4.98 Å². The predicted molar refractivity (Wildman–Crippen MR) is 81.7 cm³/mol. The van der Waals surface area contributed by atoms with Crippen LogP contribution in [0.1, 0.15) is 36.7 Å². The van der Waals surface area contributed by atoms with Crippen LogP contribution in [0.15, 0.2) is 24.3 Å².